The largest absolute Gasteiger partial charge is 0.271 e. The standard InChI is InChI=1S/C21H24N2O/c1-16(10-11-17-8-6-5-7-9-17)22-23-20(24)18-12-14-19(15-13-18)21(2,3)4/h5-15H,1-4H3,(H,23,24)/b11-10+,22-16+. The summed E-state index contributed by atoms with van der Waals surface area (Å²) >= 11 is 0. The van der Waals surface area contributed by atoms with Crippen molar-refractivity contribution in [1.82, 2.24) is 5.43 Å². The summed E-state index contributed by atoms with van der Waals surface area (Å²) in [6, 6.07) is 17.6. The average molecular weight is 320 g/mol. The number of hydrogen-bond acceptors (Lipinski definition) is 2. The molecule has 0 aliphatic rings. The molecule has 0 unspecified atom stereocenters. The van der Waals surface area contributed by atoms with Gasteiger partial charge in [-0.25, -0.2) is 5.43 Å². The highest BCUT2D eigenvalue weighted by molar-refractivity contribution is 5.99. The number of carbonyl (C=O) groups is 1. The van der Waals surface area contributed by atoms with Crippen LogP contribution >= 0.6 is 0 Å². The Kier molecular flexibility index (Phi) is 5.69. The topological polar surface area (TPSA) is 41.5 Å². The molecule has 0 saturated heterocycles. The van der Waals surface area contributed by atoms with Gasteiger partial charge < -0.3 is 0 Å². The first-order chi connectivity index (χ1) is 11.4. The van der Waals surface area contributed by atoms with Gasteiger partial charge in [0.1, 0.15) is 0 Å². The first-order valence-corrected chi connectivity index (χ1v) is 8.04. The first-order valence-electron chi connectivity index (χ1n) is 8.04. The van der Waals surface area contributed by atoms with Gasteiger partial charge in [-0.3, -0.25) is 4.79 Å². The lowest BCUT2D eigenvalue weighted by Gasteiger charge is -2.18. The number of carbonyl (C=O) groups excluding carboxylic acids is 1. The zero-order valence-electron chi connectivity index (χ0n) is 14.7. The lowest BCUT2D eigenvalue weighted by atomic mass is 9.87. The van der Waals surface area contributed by atoms with E-state index in [1.54, 1.807) is 0 Å². The third-order valence-corrected chi connectivity index (χ3v) is 3.66. The van der Waals surface area contributed by atoms with Gasteiger partial charge in [0, 0.05) is 5.56 Å². The van der Waals surface area contributed by atoms with Gasteiger partial charge in [-0.1, -0.05) is 69.3 Å². The number of allylic oxidation sites excluding steroid dienone is 1. The van der Waals surface area contributed by atoms with Crippen molar-refractivity contribution in [2.24, 2.45) is 5.10 Å². The minimum absolute atomic E-state index is 0.0754. The monoisotopic (exact) mass is 320 g/mol. The summed E-state index contributed by atoms with van der Waals surface area (Å²) in [5.41, 5.74) is 6.30. The van der Waals surface area contributed by atoms with Crippen LogP contribution in [0.1, 0.15) is 49.2 Å². The van der Waals surface area contributed by atoms with E-state index in [-0.39, 0.29) is 11.3 Å². The van der Waals surface area contributed by atoms with Crippen LogP contribution in [0.4, 0.5) is 0 Å². The van der Waals surface area contributed by atoms with E-state index in [1.807, 2.05) is 73.7 Å². The summed E-state index contributed by atoms with van der Waals surface area (Å²) in [6.07, 6.45) is 3.83. The van der Waals surface area contributed by atoms with Crippen molar-refractivity contribution >= 4 is 17.7 Å². The van der Waals surface area contributed by atoms with Gasteiger partial charge in [0.15, 0.2) is 0 Å². The molecule has 2 aromatic rings. The summed E-state index contributed by atoms with van der Waals surface area (Å²) in [4.78, 5) is 12.1. The number of amides is 1. The van der Waals surface area contributed by atoms with E-state index < -0.39 is 0 Å². The van der Waals surface area contributed by atoms with E-state index in [9.17, 15) is 4.79 Å². The van der Waals surface area contributed by atoms with Crippen molar-refractivity contribution in [3.05, 3.63) is 77.4 Å². The van der Waals surface area contributed by atoms with E-state index >= 15 is 0 Å². The molecule has 0 aromatic heterocycles. The van der Waals surface area contributed by atoms with E-state index in [4.69, 9.17) is 0 Å². The molecule has 0 fully saturated rings. The highest BCUT2D eigenvalue weighted by atomic mass is 16.2. The SMILES string of the molecule is CC(/C=C/c1ccccc1)=N\NC(=O)c1ccc(C(C)(C)C)cc1. The maximum atomic E-state index is 12.1. The second-order valence-electron chi connectivity index (χ2n) is 6.77. The van der Waals surface area contributed by atoms with Crippen molar-refractivity contribution in [3.8, 4) is 0 Å². The van der Waals surface area contributed by atoms with Gasteiger partial charge in [-0.05, 0) is 41.7 Å². The smallest absolute Gasteiger partial charge is 0.267 e. The maximum Gasteiger partial charge on any atom is 0.271 e. The second kappa shape index (κ2) is 7.73. The highest BCUT2D eigenvalue weighted by Gasteiger charge is 2.14. The molecule has 0 bridgehead atoms. The minimum atomic E-state index is -0.206. The Morgan fingerprint density at radius 1 is 1.00 bits per heavy atom. The maximum absolute atomic E-state index is 12.1. The number of benzene rings is 2. The third kappa shape index (κ3) is 5.20. The molecular weight excluding hydrogens is 296 g/mol. The van der Waals surface area contributed by atoms with E-state index in [0.717, 1.165) is 11.3 Å². The summed E-state index contributed by atoms with van der Waals surface area (Å²) in [7, 11) is 0. The summed E-state index contributed by atoms with van der Waals surface area (Å²) in [5.74, 6) is -0.206. The van der Waals surface area contributed by atoms with Crippen LogP contribution in [0.15, 0.2) is 65.8 Å². The molecule has 0 radical (unpaired) electrons. The molecule has 0 heterocycles. The Morgan fingerprint density at radius 2 is 1.62 bits per heavy atom. The summed E-state index contributed by atoms with van der Waals surface area (Å²) in [6.45, 7) is 8.29. The van der Waals surface area contributed by atoms with Crippen molar-refractivity contribution in [3.63, 3.8) is 0 Å². The van der Waals surface area contributed by atoms with Crippen molar-refractivity contribution < 1.29 is 4.79 Å². The predicted molar refractivity (Wildman–Crippen MR) is 101 cm³/mol. The Hall–Kier alpha value is -2.68. The van der Waals surface area contributed by atoms with Crippen molar-refractivity contribution in [2.75, 3.05) is 0 Å². The van der Waals surface area contributed by atoms with E-state index in [0.29, 0.717) is 5.56 Å². The van der Waals surface area contributed by atoms with Crippen LogP contribution in [-0.4, -0.2) is 11.6 Å². The molecule has 0 spiro atoms. The summed E-state index contributed by atoms with van der Waals surface area (Å²) in [5, 5.41) is 4.12. The fourth-order valence-corrected chi connectivity index (χ4v) is 2.14. The van der Waals surface area contributed by atoms with Crippen LogP contribution in [-0.2, 0) is 5.41 Å². The molecule has 0 aliphatic carbocycles. The van der Waals surface area contributed by atoms with Gasteiger partial charge in [0.05, 0.1) is 5.71 Å². The van der Waals surface area contributed by atoms with Gasteiger partial charge in [-0.15, -0.1) is 0 Å². The lowest BCUT2D eigenvalue weighted by molar-refractivity contribution is 0.0955. The van der Waals surface area contributed by atoms with Gasteiger partial charge >= 0.3 is 0 Å². The molecule has 124 valence electrons. The van der Waals surface area contributed by atoms with Crippen LogP contribution in [0, 0.1) is 0 Å². The van der Waals surface area contributed by atoms with Crippen molar-refractivity contribution in [2.45, 2.75) is 33.1 Å². The molecule has 2 rings (SSSR count). The van der Waals surface area contributed by atoms with E-state index in [2.05, 4.69) is 31.3 Å². The quantitative estimate of drug-likeness (QED) is 0.638. The molecule has 3 heteroatoms. The van der Waals surface area contributed by atoms with Gasteiger partial charge in [0.25, 0.3) is 5.91 Å². The molecule has 0 saturated carbocycles. The third-order valence-electron chi connectivity index (χ3n) is 3.66. The zero-order valence-corrected chi connectivity index (χ0v) is 14.7. The lowest BCUT2D eigenvalue weighted by Crippen LogP contribution is -2.19. The molecule has 0 aliphatic heterocycles. The number of nitrogens with zero attached hydrogens (tertiary/aromatic N) is 1. The van der Waals surface area contributed by atoms with Crippen LogP contribution in [0.25, 0.3) is 6.08 Å². The normalized spacial score (nSPS) is 12.4. The molecule has 0 atom stereocenters. The Bertz CT molecular complexity index is 736. The van der Waals surface area contributed by atoms with Crippen LogP contribution < -0.4 is 5.43 Å². The number of hydrazone groups is 1. The minimum Gasteiger partial charge on any atom is -0.267 e. The molecule has 1 amide bonds. The second-order valence-corrected chi connectivity index (χ2v) is 6.77. The molecule has 2 aromatic carbocycles. The fraction of sp³-hybridized carbons (Fsp3) is 0.238. The number of hydrogen-bond donors (Lipinski definition) is 1. The summed E-state index contributed by atoms with van der Waals surface area (Å²) < 4.78 is 0. The molecular formula is C21H24N2O. The van der Waals surface area contributed by atoms with Crippen LogP contribution in [0.3, 0.4) is 0 Å². The number of rotatable bonds is 4. The van der Waals surface area contributed by atoms with Crippen LogP contribution in [0.5, 0.6) is 0 Å². The predicted octanol–water partition coefficient (Wildman–Crippen LogP) is 4.80. The highest BCUT2D eigenvalue weighted by Crippen LogP contribution is 2.22. The van der Waals surface area contributed by atoms with E-state index in [1.165, 1.54) is 5.56 Å². The fourth-order valence-electron chi connectivity index (χ4n) is 2.14. The van der Waals surface area contributed by atoms with Crippen LogP contribution in [0.2, 0.25) is 0 Å². The average Bonchev–Trinajstić information content (AvgIpc) is 2.58. The number of nitrogens with one attached hydrogen (secondary N) is 1. The zero-order chi connectivity index (χ0) is 17.6. The molecule has 3 nitrogen and oxygen atoms in total. The Labute approximate surface area is 144 Å². The first kappa shape index (κ1) is 17.7. The molecule has 24 heavy (non-hydrogen) atoms. The van der Waals surface area contributed by atoms with Gasteiger partial charge in [0.2, 0.25) is 0 Å². The van der Waals surface area contributed by atoms with Gasteiger partial charge in [-0.2, -0.15) is 5.10 Å². The molecule has 1 N–H and O–H groups in total. The van der Waals surface area contributed by atoms with Crippen molar-refractivity contribution in [1.29, 1.82) is 0 Å². The Balaban J connectivity index is 1.98. The Morgan fingerprint density at radius 3 is 2.21 bits per heavy atom.